The quantitative estimate of drug-likeness (QED) is 0.407. The lowest BCUT2D eigenvalue weighted by atomic mass is 10.1. The molecular formula is C21H23NO9. The largest absolute Gasteiger partial charge is 0.495 e. The summed E-state index contributed by atoms with van der Waals surface area (Å²) in [6.45, 7) is 4.64. The summed E-state index contributed by atoms with van der Waals surface area (Å²) >= 11 is 0. The SMILES string of the molecule is COc1c2ccc(OCC=C(C)C)cc2nc2occc12.O=C(O)C(O)C(O)C(=O)O. The zero-order valence-electron chi connectivity index (χ0n) is 17.1. The van der Waals surface area contributed by atoms with Crippen molar-refractivity contribution in [3.63, 3.8) is 0 Å². The number of carbonyl (C=O) groups is 2. The van der Waals surface area contributed by atoms with E-state index in [0.29, 0.717) is 12.3 Å². The molecule has 0 aliphatic heterocycles. The number of aliphatic hydroxyl groups excluding tert-OH is 2. The van der Waals surface area contributed by atoms with E-state index < -0.39 is 24.1 Å². The molecule has 10 nitrogen and oxygen atoms in total. The van der Waals surface area contributed by atoms with Crippen LogP contribution in [0.5, 0.6) is 11.5 Å². The van der Waals surface area contributed by atoms with E-state index in [4.69, 9.17) is 34.3 Å². The number of pyridine rings is 1. The van der Waals surface area contributed by atoms with Gasteiger partial charge in [0.1, 0.15) is 18.1 Å². The van der Waals surface area contributed by atoms with Gasteiger partial charge in [-0.25, -0.2) is 14.6 Å². The van der Waals surface area contributed by atoms with Crippen molar-refractivity contribution in [2.24, 2.45) is 0 Å². The van der Waals surface area contributed by atoms with Gasteiger partial charge in [-0.1, -0.05) is 5.57 Å². The van der Waals surface area contributed by atoms with Crippen LogP contribution in [0.15, 0.2) is 46.6 Å². The number of aliphatic carboxylic acids is 2. The number of furan rings is 1. The first-order chi connectivity index (χ1) is 14.6. The molecule has 2 unspecified atom stereocenters. The Morgan fingerprint density at radius 3 is 2.29 bits per heavy atom. The smallest absolute Gasteiger partial charge is 0.335 e. The molecule has 2 atom stereocenters. The van der Waals surface area contributed by atoms with E-state index in [1.165, 1.54) is 5.57 Å². The third-order valence-electron chi connectivity index (χ3n) is 4.08. The lowest BCUT2D eigenvalue weighted by Crippen LogP contribution is -2.39. The van der Waals surface area contributed by atoms with Gasteiger partial charge in [-0.3, -0.25) is 0 Å². The molecule has 2 aromatic heterocycles. The van der Waals surface area contributed by atoms with Crippen molar-refractivity contribution in [3.8, 4) is 11.5 Å². The van der Waals surface area contributed by atoms with Gasteiger partial charge < -0.3 is 34.3 Å². The van der Waals surface area contributed by atoms with E-state index in [2.05, 4.69) is 4.98 Å². The number of carboxylic acids is 2. The predicted octanol–water partition coefficient (Wildman–Crippen LogP) is 2.21. The molecule has 0 amide bonds. The van der Waals surface area contributed by atoms with Crippen LogP contribution >= 0.6 is 0 Å². The molecule has 4 N–H and O–H groups in total. The second kappa shape index (κ2) is 10.4. The number of ether oxygens (including phenoxy) is 2. The van der Waals surface area contributed by atoms with Gasteiger partial charge in [0, 0.05) is 11.5 Å². The van der Waals surface area contributed by atoms with E-state index >= 15 is 0 Å². The number of carboxylic acid groups (broad SMARTS) is 2. The van der Waals surface area contributed by atoms with Crippen LogP contribution in [0.1, 0.15) is 13.8 Å². The summed E-state index contributed by atoms with van der Waals surface area (Å²) in [5.41, 5.74) is 2.60. The molecule has 0 saturated heterocycles. The van der Waals surface area contributed by atoms with Crippen LogP contribution in [0, 0.1) is 0 Å². The molecule has 0 radical (unpaired) electrons. The van der Waals surface area contributed by atoms with Gasteiger partial charge >= 0.3 is 11.9 Å². The molecule has 3 aromatic rings. The van der Waals surface area contributed by atoms with E-state index in [1.54, 1.807) is 13.4 Å². The molecule has 1 aromatic carbocycles. The normalized spacial score (nSPS) is 12.4. The number of methoxy groups -OCH3 is 1. The highest BCUT2D eigenvalue weighted by Gasteiger charge is 2.29. The molecule has 2 heterocycles. The van der Waals surface area contributed by atoms with Gasteiger partial charge in [-0.15, -0.1) is 0 Å². The van der Waals surface area contributed by atoms with Crippen LogP contribution in [0.3, 0.4) is 0 Å². The number of benzene rings is 1. The molecule has 31 heavy (non-hydrogen) atoms. The minimum Gasteiger partial charge on any atom is -0.495 e. The van der Waals surface area contributed by atoms with Crippen molar-refractivity contribution >= 4 is 33.9 Å². The van der Waals surface area contributed by atoms with Gasteiger partial charge in [0.15, 0.2) is 12.2 Å². The Kier molecular flexibility index (Phi) is 7.94. The Labute approximate surface area is 177 Å². The van der Waals surface area contributed by atoms with Gasteiger partial charge in [0.25, 0.3) is 0 Å². The van der Waals surface area contributed by atoms with Gasteiger partial charge in [-0.05, 0) is 38.1 Å². The first-order valence-electron chi connectivity index (χ1n) is 9.08. The van der Waals surface area contributed by atoms with Crippen molar-refractivity contribution in [2.75, 3.05) is 13.7 Å². The molecule has 166 valence electrons. The number of hydrogen-bond donors (Lipinski definition) is 4. The molecule has 0 bridgehead atoms. The summed E-state index contributed by atoms with van der Waals surface area (Å²) in [7, 11) is 1.65. The first-order valence-corrected chi connectivity index (χ1v) is 9.08. The number of hydrogen-bond acceptors (Lipinski definition) is 8. The lowest BCUT2D eigenvalue weighted by Gasteiger charge is -2.08. The summed E-state index contributed by atoms with van der Waals surface area (Å²) < 4.78 is 16.6. The minimum atomic E-state index is -2.27. The Bertz CT molecular complexity index is 1080. The summed E-state index contributed by atoms with van der Waals surface area (Å²) in [4.78, 5) is 24.1. The number of aliphatic hydroxyl groups is 2. The van der Waals surface area contributed by atoms with Crippen molar-refractivity contribution in [2.45, 2.75) is 26.1 Å². The number of aromatic nitrogens is 1. The molecule has 0 fully saturated rings. The second-order valence-electron chi connectivity index (χ2n) is 6.62. The highest BCUT2D eigenvalue weighted by atomic mass is 16.5. The van der Waals surface area contributed by atoms with Crippen molar-refractivity contribution in [1.82, 2.24) is 4.98 Å². The van der Waals surface area contributed by atoms with Crippen molar-refractivity contribution in [3.05, 3.63) is 42.2 Å². The second-order valence-corrected chi connectivity index (χ2v) is 6.62. The van der Waals surface area contributed by atoms with Crippen LogP contribution in [0.4, 0.5) is 0 Å². The van der Waals surface area contributed by atoms with Gasteiger partial charge in [0.05, 0.1) is 24.3 Å². The zero-order chi connectivity index (χ0) is 23.1. The lowest BCUT2D eigenvalue weighted by molar-refractivity contribution is -0.165. The highest BCUT2D eigenvalue weighted by Crippen LogP contribution is 2.34. The Morgan fingerprint density at radius 1 is 1.10 bits per heavy atom. The van der Waals surface area contributed by atoms with Crippen LogP contribution < -0.4 is 9.47 Å². The molecule has 10 heteroatoms. The molecule has 0 aliphatic rings. The molecule has 0 spiro atoms. The monoisotopic (exact) mass is 433 g/mol. The highest BCUT2D eigenvalue weighted by molar-refractivity contribution is 5.99. The number of nitrogens with zero attached hydrogens (tertiary/aromatic N) is 1. The summed E-state index contributed by atoms with van der Waals surface area (Å²) in [6, 6.07) is 7.65. The Balaban J connectivity index is 0.000000291. The third-order valence-corrected chi connectivity index (χ3v) is 4.08. The molecule has 0 aliphatic carbocycles. The number of allylic oxidation sites excluding steroid dienone is 1. The molecule has 0 saturated carbocycles. The summed E-state index contributed by atoms with van der Waals surface area (Å²) in [5, 5.41) is 34.3. The van der Waals surface area contributed by atoms with Crippen molar-refractivity contribution < 1.29 is 43.9 Å². The maximum atomic E-state index is 9.77. The average molecular weight is 433 g/mol. The number of fused-ring (bicyclic) bond motifs is 2. The fourth-order valence-electron chi connectivity index (χ4n) is 2.50. The standard InChI is InChI=1S/C17H17NO3.C4H6O6/c1-11(2)6-8-20-12-4-5-13-15(10-12)18-17-14(7-9-21-17)16(13)19-3;5-1(3(7)8)2(6)4(9)10/h4-7,9-10H,8H2,1-3H3;1-2,5-6H,(H,7,8)(H,9,10). The molecule has 3 rings (SSSR count). The zero-order valence-corrected chi connectivity index (χ0v) is 17.1. The average Bonchev–Trinajstić information content (AvgIpc) is 3.18. The maximum absolute atomic E-state index is 9.77. The summed E-state index contributed by atoms with van der Waals surface area (Å²) in [5.74, 6) is -1.98. The molecular weight excluding hydrogens is 410 g/mol. The first kappa shape index (κ1) is 23.6. The van der Waals surface area contributed by atoms with Gasteiger partial charge in [-0.2, -0.15) is 0 Å². The van der Waals surface area contributed by atoms with Crippen LogP contribution in [0.25, 0.3) is 22.0 Å². The predicted molar refractivity (Wildman–Crippen MR) is 110 cm³/mol. The van der Waals surface area contributed by atoms with E-state index in [-0.39, 0.29) is 0 Å². The van der Waals surface area contributed by atoms with E-state index in [0.717, 1.165) is 27.8 Å². The van der Waals surface area contributed by atoms with Crippen LogP contribution in [-0.4, -0.2) is 63.3 Å². The third kappa shape index (κ3) is 5.93. The van der Waals surface area contributed by atoms with Crippen LogP contribution in [-0.2, 0) is 9.59 Å². The fourth-order valence-corrected chi connectivity index (χ4v) is 2.50. The van der Waals surface area contributed by atoms with Crippen molar-refractivity contribution in [1.29, 1.82) is 0 Å². The fraction of sp³-hybridized carbons (Fsp3) is 0.286. The number of rotatable bonds is 7. The Hall–Kier alpha value is -3.63. The minimum absolute atomic E-state index is 0.550. The Morgan fingerprint density at radius 2 is 1.74 bits per heavy atom. The topological polar surface area (TPSA) is 160 Å². The summed E-state index contributed by atoms with van der Waals surface area (Å²) in [6.07, 6.45) is -0.880. The van der Waals surface area contributed by atoms with Gasteiger partial charge in [0.2, 0.25) is 5.71 Å². The maximum Gasteiger partial charge on any atom is 0.335 e. The van der Waals surface area contributed by atoms with Crippen LogP contribution in [0.2, 0.25) is 0 Å². The van der Waals surface area contributed by atoms with E-state index in [9.17, 15) is 9.59 Å². The van der Waals surface area contributed by atoms with E-state index in [1.807, 2.05) is 44.2 Å².